The molecule has 2 aliphatic rings. The van der Waals surface area contributed by atoms with Crippen LogP contribution in [0.15, 0.2) is 54.9 Å². The van der Waals surface area contributed by atoms with E-state index in [1.165, 1.54) is 4.90 Å². The lowest BCUT2D eigenvalue weighted by Crippen LogP contribution is -2.44. The van der Waals surface area contributed by atoms with Gasteiger partial charge in [-0.25, -0.2) is 0 Å². The van der Waals surface area contributed by atoms with Crippen molar-refractivity contribution in [2.45, 2.75) is 50.2 Å². The van der Waals surface area contributed by atoms with E-state index in [1.54, 1.807) is 36.5 Å². The van der Waals surface area contributed by atoms with Crippen LogP contribution in [-0.2, 0) is 31.1 Å². The summed E-state index contributed by atoms with van der Waals surface area (Å²) in [5.74, 6) is -0.738. The van der Waals surface area contributed by atoms with E-state index in [1.807, 2.05) is 30.3 Å². The molecule has 2 aliphatic heterocycles. The number of amides is 3. The van der Waals surface area contributed by atoms with Crippen LogP contribution in [0.3, 0.4) is 0 Å². The number of likely N-dealkylation sites (tertiary alicyclic amines) is 1. The fraction of sp³-hybridized carbons (Fsp3) is 0.440. The molecule has 7 heteroatoms. The molecule has 1 aromatic carbocycles. The summed E-state index contributed by atoms with van der Waals surface area (Å²) in [7, 11) is 1.75. The molecule has 0 radical (unpaired) electrons. The summed E-state index contributed by atoms with van der Waals surface area (Å²) in [5, 5.41) is 0. The van der Waals surface area contributed by atoms with E-state index >= 15 is 0 Å². The van der Waals surface area contributed by atoms with Gasteiger partial charge in [-0.3, -0.25) is 24.3 Å². The Hall–Kier alpha value is -3.06. The van der Waals surface area contributed by atoms with E-state index in [2.05, 4.69) is 4.98 Å². The van der Waals surface area contributed by atoms with Crippen LogP contribution in [0, 0.1) is 0 Å². The zero-order chi connectivity index (χ0) is 22.6. The highest BCUT2D eigenvalue weighted by atomic mass is 16.5. The Morgan fingerprint density at radius 3 is 2.59 bits per heavy atom. The largest absolute Gasteiger partial charge is 0.376 e. The fourth-order valence-electron chi connectivity index (χ4n) is 4.61. The monoisotopic (exact) mass is 435 g/mol. The topological polar surface area (TPSA) is 79.8 Å². The molecule has 1 aromatic heterocycles. The number of benzene rings is 1. The van der Waals surface area contributed by atoms with Crippen LogP contribution >= 0.6 is 0 Å². The highest BCUT2D eigenvalue weighted by Crippen LogP contribution is 2.40. The summed E-state index contributed by atoms with van der Waals surface area (Å²) in [6.07, 6.45) is 6.31. The second-order valence-corrected chi connectivity index (χ2v) is 8.71. The minimum Gasteiger partial charge on any atom is -0.376 e. The van der Waals surface area contributed by atoms with Gasteiger partial charge in [-0.1, -0.05) is 30.3 Å². The predicted octanol–water partition coefficient (Wildman–Crippen LogP) is 2.70. The molecular formula is C25H29N3O4. The lowest BCUT2D eigenvalue weighted by atomic mass is 9.75. The second-order valence-electron chi connectivity index (χ2n) is 8.71. The van der Waals surface area contributed by atoms with Gasteiger partial charge in [0.2, 0.25) is 17.7 Å². The molecule has 3 amide bonds. The fourth-order valence-corrected chi connectivity index (χ4v) is 4.61. The van der Waals surface area contributed by atoms with E-state index in [9.17, 15) is 14.4 Å². The van der Waals surface area contributed by atoms with Gasteiger partial charge in [0.1, 0.15) is 0 Å². The Bertz CT molecular complexity index is 960. The molecule has 4 rings (SSSR count). The average Bonchev–Trinajstić information content (AvgIpc) is 3.06. The Morgan fingerprint density at radius 2 is 1.91 bits per heavy atom. The quantitative estimate of drug-likeness (QED) is 0.625. The number of pyridine rings is 1. The molecular weight excluding hydrogens is 406 g/mol. The SMILES string of the molecule is CN(C[C@H]1CCCCO1)C(=O)C[C@@]1(c2ccccc2)CC(=O)N(Cc2ccncc2)C1=O. The minimum atomic E-state index is -1.19. The van der Waals surface area contributed by atoms with Crippen molar-refractivity contribution in [3.8, 4) is 0 Å². The van der Waals surface area contributed by atoms with Gasteiger partial charge in [-0.2, -0.15) is 0 Å². The molecule has 2 saturated heterocycles. The highest BCUT2D eigenvalue weighted by Gasteiger charge is 2.53. The third-order valence-electron chi connectivity index (χ3n) is 6.46. The van der Waals surface area contributed by atoms with Crippen LogP contribution in [-0.4, -0.2) is 58.8 Å². The number of carbonyl (C=O) groups is 3. The third kappa shape index (κ3) is 4.58. The zero-order valence-corrected chi connectivity index (χ0v) is 18.4. The first-order valence-corrected chi connectivity index (χ1v) is 11.1. The number of imide groups is 1. The molecule has 0 N–H and O–H groups in total. The lowest BCUT2D eigenvalue weighted by Gasteiger charge is -2.31. The summed E-state index contributed by atoms with van der Waals surface area (Å²) >= 11 is 0. The number of nitrogens with zero attached hydrogens (tertiary/aromatic N) is 3. The first kappa shape index (κ1) is 22.1. The van der Waals surface area contributed by atoms with Crippen LogP contribution < -0.4 is 0 Å². The van der Waals surface area contributed by atoms with Crippen molar-refractivity contribution in [2.24, 2.45) is 0 Å². The molecule has 0 saturated carbocycles. The second kappa shape index (κ2) is 9.61. The molecule has 0 aliphatic carbocycles. The molecule has 32 heavy (non-hydrogen) atoms. The molecule has 3 heterocycles. The van der Waals surface area contributed by atoms with E-state index in [4.69, 9.17) is 4.74 Å². The summed E-state index contributed by atoms with van der Waals surface area (Å²) in [4.78, 5) is 46.8. The van der Waals surface area contributed by atoms with Crippen molar-refractivity contribution in [1.82, 2.24) is 14.8 Å². The predicted molar refractivity (Wildman–Crippen MR) is 118 cm³/mol. The van der Waals surface area contributed by atoms with Crippen LogP contribution in [0.25, 0.3) is 0 Å². The molecule has 0 unspecified atom stereocenters. The van der Waals surface area contributed by atoms with Crippen molar-refractivity contribution < 1.29 is 19.1 Å². The Morgan fingerprint density at radius 1 is 1.16 bits per heavy atom. The maximum atomic E-state index is 13.7. The molecule has 2 atom stereocenters. The van der Waals surface area contributed by atoms with Gasteiger partial charge in [0.05, 0.1) is 18.1 Å². The molecule has 0 spiro atoms. The normalized spacial score (nSPS) is 23.4. The standard InChI is InChI=1S/C25H29N3O4/c1-27(18-21-9-5-6-14-32-21)22(29)15-25(20-7-3-2-4-8-20)16-23(30)28(24(25)31)17-19-10-12-26-13-11-19/h2-4,7-8,10-13,21H,5-6,9,14-18H2,1H3/t21-,25+/m1/s1. The summed E-state index contributed by atoms with van der Waals surface area (Å²) in [6, 6.07) is 12.8. The van der Waals surface area contributed by atoms with Crippen molar-refractivity contribution in [3.63, 3.8) is 0 Å². The number of ether oxygens (including phenoxy) is 1. The molecule has 7 nitrogen and oxygen atoms in total. The molecule has 168 valence electrons. The minimum absolute atomic E-state index is 0.0135. The maximum Gasteiger partial charge on any atom is 0.241 e. The van der Waals surface area contributed by atoms with Gasteiger partial charge in [-0.15, -0.1) is 0 Å². The van der Waals surface area contributed by atoms with Crippen molar-refractivity contribution in [1.29, 1.82) is 0 Å². The number of aromatic nitrogens is 1. The highest BCUT2D eigenvalue weighted by molar-refractivity contribution is 6.10. The first-order chi connectivity index (χ1) is 15.5. The summed E-state index contributed by atoms with van der Waals surface area (Å²) in [5.41, 5.74) is 0.333. The first-order valence-electron chi connectivity index (χ1n) is 11.1. The van der Waals surface area contributed by atoms with Crippen molar-refractivity contribution >= 4 is 17.7 Å². The summed E-state index contributed by atoms with van der Waals surface area (Å²) < 4.78 is 5.77. The van der Waals surface area contributed by atoms with Gasteiger partial charge in [-0.05, 0) is 42.5 Å². The number of carbonyl (C=O) groups excluding carboxylic acids is 3. The number of rotatable bonds is 7. The van der Waals surface area contributed by atoms with Crippen LogP contribution in [0.2, 0.25) is 0 Å². The van der Waals surface area contributed by atoms with Gasteiger partial charge in [0.25, 0.3) is 0 Å². The van der Waals surface area contributed by atoms with E-state index in [0.29, 0.717) is 12.1 Å². The van der Waals surface area contributed by atoms with Crippen LogP contribution in [0.4, 0.5) is 0 Å². The van der Waals surface area contributed by atoms with Gasteiger partial charge in [0, 0.05) is 45.4 Å². The Balaban J connectivity index is 1.57. The average molecular weight is 436 g/mol. The zero-order valence-electron chi connectivity index (χ0n) is 18.4. The van der Waals surface area contributed by atoms with Gasteiger partial charge in [0.15, 0.2) is 0 Å². The Labute approximate surface area is 188 Å². The van der Waals surface area contributed by atoms with E-state index < -0.39 is 5.41 Å². The van der Waals surface area contributed by atoms with Crippen molar-refractivity contribution in [2.75, 3.05) is 20.2 Å². The Kier molecular flexibility index (Phi) is 6.65. The number of likely N-dealkylation sites (N-methyl/N-ethyl adjacent to an activating group) is 1. The molecule has 2 fully saturated rings. The molecule has 2 aromatic rings. The lowest BCUT2D eigenvalue weighted by molar-refractivity contribution is -0.143. The number of hydrogen-bond donors (Lipinski definition) is 0. The van der Waals surface area contributed by atoms with Crippen molar-refractivity contribution in [3.05, 3.63) is 66.0 Å². The maximum absolute atomic E-state index is 13.7. The van der Waals surface area contributed by atoms with Gasteiger partial charge >= 0.3 is 0 Å². The van der Waals surface area contributed by atoms with Crippen LogP contribution in [0.1, 0.15) is 43.2 Å². The van der Waals surface area contributed by atoms with Gasteiger partial charge < -0.3 is 9.64 Å². The smallest absolute Gasteiger partial charge is 0.241 e. The van der Waals surface area contributed by atoms with E-state index in [0.717, 1.165) is 31.4 Å². The van der Waals surface area contributed by atoms with E-state index in [-0.39, 0.29) is 43.2 Å². The summed E-state index contributed by atoms with van der Waals surface area (Å²) in [6.45, 7) is 1.39. The van der Waals surface area contributed by atoms with Crippen LogP contribution in [0.5, 0.6) is 0 Å². The number of hydrogen-bond acceptors (Lipinski definition) is 5. The molecule has 0 bridgehead atoms. The third-order valence-corrected chi connectivity index (χ3v) is 6.46.